The third-order valence-corrected chi connectivity index (χ3v) is 3.91. The summed E-state index contributed by atoms with van der Waals surface area (Å²) >= 11 is 0. The maximum Gasteiger partial charge on any atom is 0.143 e. The van der Waals surface area contributed by atoms with Crippen LogP contribution in [0.1, 0.15) is 12.8 Å². The van der Waals surface area contributed by atoms with Crippen molar-refractivity contribution in [3.8, 4) is 22.6 Å². The summed E-state index contributed by atoms with van der Waals surface area (Å²) < 4.78 is 11.1. The van der Waals surface area contributed by atoms with E-state index in [0.29, 0.717) is 5.82 Å². The van der Waals surface area contributed by atoms with Gasteiger partial charge >= 0.3 is 0 Å². The molecule has 3 N–H and O–H groups in total. The lowest BCUT2D eigenvalue weighted by atomic mass is 10.1. The van der Waals surface area contributed by atoms with Gasteiger partial charge in [-0.2, -0.15) is 5.10 Å². The van der Waals surface area contributed by atoms with Gasteiger partial charge in [0.2, 0.25) is 0 Å². The summed E-state index contributed by atoms with van der Waals surface area (Å²) in [6, 6.07) is 3.99. The molecule has 1 fully saturated rings. The van der Waals surface area contributed by atoms with Crippen LogP contribution in [0.15, 0.2) is 18.3 Å². The SMILES string of the molecule is COc1cc(N2CCCC2)c(OC)cc1-c1cn[nH]c1N. The largest absolute Gasteiger partial charge is 0.496 e. The number of hydrogen-bond acceptors (Lipinski definition) is 5. The molecule has 1 aromatic heterocycles. The van der Waals surface area contributed by atoms with Crippen LogP contribution in [0.25, 0.3) is 11.1 Å². The van der Waals surface area contributed by atoms with Gasteiger partial charge in [0.25, 0.3) is 0 Å². The van der Waals surface area contributed by atoms with Crippen molar-refractivity contribution in [1.82, 2.24) is 10.2 Å². The zero-order chi connectivity index (χ0) is 14.8. The van der Waals surface area contributed by atoms with Gasteiger partial charge in [-0.15, -0.1) is 0 Å². The highest BCUT2D eigenvalue weighted by molar-refractivity contribution is 5.82. The van der Waals surface area contributed by atoms with Crippen LogP contribution in [0.4, 0.5) is 11.5 Å². The van der Waals surface area contributed by atoms with Crippen LogP contribution in [0, 0.1) is 0 Å². The smallest absolute Gasteiger partial charge is 0.143 e. The van der Waals surface area contributed by atoms with Gasteiger partial charge in [0.15, 0.2) is 0 Å². The summed E-state index contributed by atoms with van der Waals surface area (Å²) in [5.74, 6) is 2.11. The number of benzene rings is 1. The molecule has 0 amide bonds. The van der Waals surface area contributed by atoms with Gasteiger partial charge in [-0.05, 0) is 18.9 Å². The van der Waals surface area contributed by atoms with Gasteiger partial charge in [0, 0.05) is 30.3 Å². The Bertz CT molecular complexity index is 633. The standard InChI is InChI=1S/C15H20N4O2/c1-20-13-8-12(19-5-3-4-6-19)14(21-2)7-10(13)11-9-17-18-15(11)16/h7-9H,3-6H2,1-2H3,(H3,16,17,18). The summed E-state index contributed by atoms with van der Waals surface area (Å²) in [6.07, 6.45) is 4.12. The van der Waals surface area contributed by atoms with Crippen LogP contribution in [-0.2, 0) is 0 Å². The minimum atomic E-state index is 0.518. The van der Waals surface area contributed by atoms with Crippen molar-refractivity contribution < 1.29 is 9.47 Å². The number of anilines is 2. The summed E-state index contributed by atoms with van der Waals surface area (Å²) in [5.41, 5.74) is 8.69. The molecule has 0 atom stereocenters. The fourth-order valence-electron chi connectivity index (χ4n) is 2.81. The van der Waals surface area contributed by atoms with E-state index in [1.807, 2.05) is 12.1 Å². The Balaban J connectivity index is 2.11. The van der Waals surface area contributed by atoms with Crippen molar-refractivity contribution in [3.63, 3.8) is 0 Å². The average molecular weight is 288 g/mol. The molecule has 2 aromatic rings. The van der Waals surface area contributed by atoms with E-state index >= 15 is 0 Å². The maximum atomic E-state index is 5.92. The van der Waals surface area contributed by atoms with E-state index in [-0.39, 0.29) is 0 Å². The van der Waals surface area contributed by atoms with E-state index in [4.69, 9.17) is 15.2 Å². The first-order valence-corrected chi connectivity index (χ1v) is 7.04. The first-order chi connectivity index (χ1) is 10.2. The molecule has 3 rings (SSSR count). The Morgan fingerprint density at radius 2 is 1.81 bits per heavy atom. The number of H-pyrrole nitrogens is 1. The maximum absolute atomic E-state index is 5.92. The monoisotopic (exact) mass is 288 g/mol. The molecule has 1 aromatic carbocycles. The Labute approximate surface area is 123 Å². The van der Waals surface area contributed by atoms with Crippen molar-refractivity contribution in [3.05, 3.63) is 18.3 Å². The molecule has 0 spiro atoms. The van der Waals surface area contributed by atoms with Gasteiger partial charge in [-0.25, -0.2) is 0 Å². The number of nitrogens with zero attached hydrogens (tertiary/aromatic N) is 2. The number of nitrogens with one attached hydrogen (secondary N) is 1. The molecule has 1 aliphatic heterocycles. The Hall–Kier alpha value is -2.37. The number of nitrogens with two attached hydrogens (primary N) is 1. The van der Waals surface area contributed by atoms with Crippen LogP contribution in [0.2, 0.25) is 0 Å². The molecule has 6 heteroatoms. The zero-order valence-electron chi connectivity index (χ0n) is 12.3. The molecule has 0 saturated carbocycles. The lowest BCUT2D eigenvalue weighted by molar-refractivity contribution is 0.404. The molecule has 2 heterocycles. The molecule has 0 unspecified atom stereocenters. The summed E-state index contributed by atoms with van der Waals surface area (Å²) in [6.45, 7) is 2.10. The number of nitrogen functional groups attached to an aromatic ring is 1. The topological polar surface area (TPSA) is 76.4 Å². The van der Waals surface area contributed by atoms with Gasteiger partial charge in [0.1, 0.15) is 17.3 Å². The molecule has 0 radical (unpaired) electrons. The fraction of sp³-hybridized carbons (Fsp3) is 0.400. The molecule has 1 aliphatic rings. The quantitative estimate of drug-likeness (QED) is 0.902. The van der Waals surface area contributed by atoms with E-state index in [0.717, 1.165) is 41.4 Å². The Morgan fingerprint density at radius 3 is 2.38 bits per heavy atom. The zero-order valence-corrected chi connectivity index (χ0v) is 12.3. The number of ether oxygens (including phenoxy) is 2. The van der Waals surface area contributed by atoms with Crippen molar-refractivity contribution in [2.45, 2.75) is 12.8 Å². The van der Waals surface area contributed by atoms with E-state index in [2.05, 4.69) is 15.1 Å². The molecular weight excluding hydrogens is 268 g/mol. The van der Waals surface area contributed by atoms with E-state index < -0.39 is 0 Å². The summed E-state index contributed by atoms with van der Waals surface area (Å²) in [5, 5.41) is 6.72. The molecule has 0 bridgehead atoms. The molecule has 1 saturated heterocycles. The normalized spacial score (nSPS) is 14.5. The van der Waals surface area contributed by atoms with Crippen LogP contribution in [0.3, 0.4) is 0 Å². The van der Waals surface area contributed by atoms with Crippen LogP contribution < -0.4 is 20.1 Å². The van der Waals surface area contributed by atoms with Gasteiger partial charge in [-0.1, -0.05) is 0 Å². The first-order valence-electron chi connectivity index (χ1n) is 7.04. The number of hydrogen-bond donors (Lipinski definition) is 2. The first kappa shape index (κ1) is 13.6. The van der Waals surface area contributed by atoms with Gasteiger partial charge < -0.3 is 20.1 Å². The van der Waals surface area contributed by atoms with Crippen molar-refractivity contribution >= 4 is 11.5 Å². The van der Waals surface area contributed by atoms with E-state index in [9.17, 15) is 0 Å². The average Bonchev–Trinajstić information content (AvgIpc) is 3.17. The minimum Gasteiger partial charge on any atom is -0.496 e. The number of aromatic nitrogens is 2. The lowest BCUT2D eigenvalue weighted by Crippen LogP contribution is -2.18. The van der Waals surface area contributed by atoms with E-state index in [1.165, 1.54) is 12.8 Å². The second kappa shape index (κ2) is 5.55. The molecule has 0 aliphatic carbocycles. The highest BCUT2D eigenvalue weighted by Gasteiger charge is 2.21. The lowest BCUT2D eigenvalue weighted by Gasteiger charge is -2.22. The third-order valence-electron chi connectivity index (χ3n) is 3.91. The molecule has 112 valence electrons. The van der Waals surface area contributed by atoms with Crippen LogP contribution in [-0.4, -0.2) is 37.5 Å². The van der Waals surface area contributed by atoms with E-state index in [1.54, 1.807) is 20.4 Å². The predicted octanol–water partition coefficient (Wildman–Crippen LogP) is 2.28. The van der Waals surface area contributed by atoms with Crippen molar-refractivity contribution in [2.75, 3.05) is 37.9 Å². The fourth-order valence-corrected chi connectivity index (χ4v) is 2.81. The number of methoxy groups -OCH3 is 2. The van der Waals surface area contributed by atoms with Crippen molar-refractivity contribution in [2.24, 2.45) is 0 Å². The van der Waals surface area contributed by atoms with Crippen molar-refractivity contribution in [1.29, 1.82) is 0 Å². The number of rotatable bonds is 4. The molecule has 21 heavy (non-hydrogen) atoms. The van der Waals surface area contributed by atoms with Crippen LogP contribution >= 0.6 is 0 Å². The minimum absolute atomic E-state index is 0.518. The highest BCUT2D eigenvalue weighted by atomic mass is 16.5. The third kappa shape index (κ3) is 2.37. The second-order valence-corrected chi connectivity index (χ2v) is 5.12. The summed E-state index contributed by atoms with van der Waals surface area (Å²) in [7, 11) is 3.35. The van der Waals surface area contributed by atoms with Gasteiger partial charge in [-0.3, -0.25) is 5.10 Å². The molecule has 6 nitrogen and oxygen atoms in total. The van der Waals surface area contributed by atoms with Crippen LogP contribution in [0.5, 0.6) is 11.5 Å². The number of aromatic amines is 1. The molecular formula is C15H20N4O2. The summed E-state index contributed by atoms with van der Waals surface area (Å²) in [4.78, 5) is 2.32. The Morgan fingerprint density at radius 1 is 1.10 bits per heavy atom. The van der Waals surface area contributed by atoms with Gasteiger partial charge in [0.05, 0.1) is 26.1 Å². The Kier molecular flexibility index (Phi) is 3.60. The predicted molar refractivity (Wildman–Crippen MR) is 83.0 cm³/mol. The second-order valence-electron chi connectivity index (χ2n) is 5.12. The highest BCUT2D eigenvalue weighted by Crippen LogP contribution is 2.42.